The maximum absolute atomic E-state index is 11.2. The molecule has 1 atom stereocenters. The molecule has 2 N–H and O–H groups in total. The van der Waals surface area contributed by atoms with Gasteiger partial charge in [0.1, 0.15) is 5.82 Å². The summed E-state index contributed by atoms with van der Waals surface area (Å²) in [5.74, 6) is -0.915. The molecule has 7 heteroatoms. The van der Waals surface area contributed by atoms with Gasteiger partial charge >= 0.3 is 11.9 Å². The van der Waals surface area contributed by atoms with Crippen LogP contribution in [0.2, 0.25) is 0 Å². The molecule has 162 valence electrons. The third-order valence-electron chi connectivity index (χ3n) is 5.14. The number of hydrogen-bond acceptors (Lipinski definition) is 4. The zero-order valence-electron chi connectivity index (χ0n) is 17.4. The molecule has 0 fully saturated rings. The number of carboxylic acid groups (broad SMARTS) is 2. The van der Waals surface area contributed by atoms with E-state index < -0.39 is 11.9 Å². The molecular formula is C24H26N2O4S. The predicted octanol–water partition coefficient (Wildman–Crippen LogP) is 5.20. The Labute approximate surface area is 185 Å². The van der Waals surface area contributed by atoms with Crippen LogP contribution in [0, 0.1) is 0 Å². The van der Waals surface area contributed by atoms with Gasteiger partial charge in [-0.25, -0.2) is 14.6 Å². The largest absolute Gasteiger partial charge is 0.478 e. The third kappa shape index (κ3) is 5.92. The normalized spacial score (nSPS) is 12.3. The van der Waals surface area contributed by atoms with E-state index in [9.17, 15) is 9.59 Å². The zero-order valence-corrected chi connectivity index (χ0v) is 18.2. The standard InChI is InChI=1S/C24H26N2O4S/c1-2-3-8-22-25-15-20(19(6-4-9-23(27)28)21-7-5-14-31-21)26(22)16-17-10-12-18(13-11-17)24(29)30/h4-5,7,9-15,19H,2-3,6,8,16H2,1H3,(H,27,28)(H,29,30)/b9-4+. The summed E-state index contributed by atoms with van der Waals surface area (Å²) in [6.07, 6.45) is 8.27. The summed E-state index contributed by atoms with van der Waals surface area (Å²) in [7, 11) is 0. The lowest BCUT2D eigenvalue weighted by atomic mass is 9.99. The first kappa shape index (κ1) is 22.5. The average Bonchev–Trinajstić information content (AvgIpc) is 3.41. The SMILES string of the molecule is CCCCc1ncc(C(C/C=C/C(=O)O)c2cccs2)n1Cc1ccc(C(=O)O)cc1. The second-order valence-corrected chi connectivity index (χ2v) is 8.31. The van der Waals surface area contributed by atoms with Crippen LogP contribution in [0.4, 0.5) is 0 Å². The van der Waals surface area contributed by atoms with E-state index in [4.69, 9.17) is 15.2 Å². The quantitative estimate of drug-likeness (QED) is 0.402. The number of thiophene rings is 1. The molecule has 1 aromatic carbocycles. The molecule has 3 aromatic rings. The summed E-state index contributed by atoms with van der Waals surface area (Å²) >= 11 is 1.64. The highest BCUT2D eigenvalue weighted by Crippen LogP contribution is 2.33. The first-order valence-electron chi connectivity index (χ1n) is 10.3. The van der Waals surface area contributed by atoms with Crippen molar-refractivity contribution in [2.45, 2.75) is 45.1 Å². The number of carbonyl (C=O) groups is 2. The van der Waals surface area contributed by atoms with E-state index in [1.807, 2.05) is 29.8 Å². The number of aromatic carboxylic acids is 1. The number of carboxylic acids is 2. The average molecular weight is 439 g/mol. The van der Waals surface area contributed by atoms with Crippen LogP contribution in [0.3, 0.4) is 0 Å². The van der Waals surface area contributed by atoms with Crippen molar-refractivity contribution in [3.8, 4) is 0 Å². The van der Waals surface area contributed by atoms with Crippen LogP contribution in [0.25, 0.3) is 0 Å². The lowest BCUT2D eigenvalue weighted by Crippen LogP contribution is -2.13. The third-order valence-corrected chi connectivity index (χ3v) is 6.13. The molecule has 0 aliphatic heterocycles. The van der Waals surface area contributed by atoms with Crippen molar-refractivity contribution < 1.29 is 19.8 Å². The fourth-order valence-electron chi connectivity index (χ4n) is 3.54. The van der Waals surface area contributed by atoms with Gasteiger partial charge in [0.25, 0.3) is 0 Å². The molecule has 0 saturated heterocycles. The van der Waals surface area contributed by atoms with Crippen LogP contribution in [-0.4, -0.2) is 31.7 Å². The Kier molecular flexibility index (Phi) is 7.78. The molecule has 0 aliphatic carbocycles. The van der Waals surface area contributed by atoms with Crippen LogP contribution < -0.4 is 0 Å². The van der Waals surface area contributed by atoms with E-state index in [1.54, 1.807) is 29.5 Å². The number of aliphatic carboxylic acids is 1. The minimum atomic E-state index is -0.958. The van der Waals surface area contributed by atoms with E-state index in [2.05, 4.69) is 17.6 Å². The van der Waals surface area contributed by atoms with Crippen molar-refractivity contribution in [2.75, 3.05) is 0 Å². The van der Waals surface area contributed by atoms with Crippen LogP contribution in [0.15, 0.2) is 60.1 Å². The molecular weight excluding hydrogens is 412 g/mol. The molecule has 6 nitrogen and oxygen atoms in total. The fraction of sp³-hybridized carbons (Fsp3) is 0.292. The summed E-state index contributed by atoms with van der Waals surface area (Å²) < 4.78 is 2.20. The number of allylic oxidation sites excluding steroid dienone is 1. The van der Waals surface area contributed by atoms with Gasteiger partial charge in [-0.2, -0.15) is 0 Å². The topological polar surface area (TPSA) is 92.4 Å². The van der Waals surface area contributed by atoms with Crippen molar-refractivity contribution in [3.63, 3.8) is 0 Å². The van der Waals surface area contributed by atoms with E-state index in [0.717, 1.165) is 41.2 Å². The van der Waals surface area contributed by atoms with Crippen LogP contribution in [0.5, 0.6) is 0 Å². The van der Waals surface area contributed by atoms with E-state index in [1.165, 1.54) is 6.08 Å². The Balaban J connectivity index is 1.98. The Hall–Kier alpha value is -3.19. The molecule has 0 saturated carbocycles. The highest BCUT2D eigenvalue weighted by atomic mass is 32.1. The van der Waals surface area contributed by atoms with E-state index in [0.29, 0.717) is 13.0 Å². The van der Waals surface area contributed by atoms with E-state index >= 15 is 0 Å². The minimum Gasteiger partial charge on any atom is -0.478 e. The molecule has 2 heterocycles. The number of imidazole rings is 1. The second-order valence-electron chi connectivity index (χ2n) is 7.34. The van der Waals surface area contributed by atoms with Gasteiger partial charge in [-0.15, -0.1) is 11.3 Å². The first-order valence-corrected chi connectivity index (χ1v) is 11.2. The molecule has 0 bridgehead atoms. The van der Waals surface area contributed by atoms with Gasteiger partial charge < -0.3 is 14.8 Å². The highest BCUT2D eigenvalue weighted by Gasteiger charge is 2.21. The maximum Gasteiger partial charge on any atom is 0.335 e. The van der Waals surface area contributed by atoms with Gasteiger partial charge in [-0.05, 0) is 42.0 Å². The van der Waals surface area contributed by atoms with Crippen molar-refractivity contribution in [1.82, 2.24) is 9.55 Å². The smallest absolute Gasteiger partial charge is 0.335 e. The number of benzene rings is 1. The van der Waals surface area contributed by atoms with E-state index in [-0.39, 0.29) is 11.5 Å². The van der Waals surface area contributed by atoms with Crippen LogP contribution >= 0.6 is 11.3 Å². The molecule has 0 amide bonds. The van der Waals surface area contributed by atoms with Gasteiger partial charge in [-0.3, -0.25) is 0 Å². The molecule has 1 unspecified atom stereocenters. The maximum atomic E-state index is 11.2. The number of unbranched alkanes of at least 4 members (excludes halogenated alkanes) is 1. The monoisotopic (exact) mass is 438 g/mol. The Morgan fingerprint density at radius 2 is 1.97 bits per heavy atom. The zero-order chi connectivity index (χ0) is 22.2. The summed E-state index contributed by atoms with van der Waals surface area (Å²) in [6.45, 7) is 2.72. The summed E-state index contributed by atoms with van der Waals surface area (Å²) in [6, 6.07) is 11.0. The number of aromatic nitrogens is 2. The molecule has 0 aliphatic rings. The fourth-order valence-corrected chi connectivity index (χ4v) is 4.39. The first-order chi connectivity index (χ1) is 15.0. The molecule has 0 spiro atoms. The molecule has 3 rings (SSSR count). The number of aryl methyl sites for hydroxylation is 1. The van der Waals surface area contributed by atoms with Gasteiger partial charge in [0.05, 0.1) is 5.56 Å². The molecule has 0 radical (unpaired) electrons. The van der Waals surface area contributed by atoms with Crippen LogP contribution in [-0.2, 0) is 17.8 Å². The molecule has 2 aromatic heterocycles. The number of nitrogens with zero attached hydrogens (tertiary/aromatic N) is 2. The minimum absolute atomic E-state index is 0.00299. The van der Waals surface area contributed by atoms with Crippen molar-refractivity contribution >= 4 is 23.3 Å². The Morgan fingerprint density at radius 3 is 2.58 bits per heavy atom. The lowest BCUT2D eigenvalue weighted by Gasteiger charge is -2.19. The second kappa shape index (κ2) is 10.7. The van der Waals surface area contributed by atoms with Gasteiger partial charge in [0, 0.05) is 41.7 Å². The summed E-state index contributed by atoms with van der Waals surface area (Å²) in [5.41, 5.74) is 2.29. The number of rotatable bonds is 11. The van der Waals surface area contributed by atoms with Crippen molar-refractivity contribution in [2.24, 2.45) is 0 Å². The van der Waals surface area contributed by atoms with Gasteiger partial charge in [0.2, 0.25) is 0 Å². The summed E-state index contributed by atoms with van der Waals surface area (Å²) in [5, 5.41) is 20.2. The van der Waals surface area contributed by atoms with Crippen molar-refractivity contribution in [3.05, 3.63) is 87.6 Å². The van der Waals surface area contributed by atoms with Crippen molar-refractivity contribution in [1.29, 1.82) is 0 Å². The lowest BCUT2D eigenvalue weighted by molar-refractivity contribution is -0.131. The van der Waals surface area contributed by atoms with Gasteiger partial charge in [0.15, 0.2) is 0 Å². The Bertz CT molecular complexity index is 1040. The predicted molar refractivity (Wildman–Crippen MR) is 121 cm³/mol. The number of hydrogen-bond donors (Lipinski definition) is 2. The van der Waals surface area contributed by atoms with Crippen LogP contribution in [0.1, 0.15) is 64.4 Å². The van der Waals surface area contributed by atoms with Gasteiger partial charge in [-0.1, -0.05) is 37.6 Å². The Morgan fingerprint density at radius 1 is 1.19 bits per heavy atom. The summed E-state index contributed by atoms with van der Waals surface area (Å²) in [4.78, 5) is 28.0. The molecule has 31 heavy (non-hydrogen) atoms. The highest BCUT2D eigenvalue weighted by molar-refractivity contribution is 7.10.